The van der Waals surface area contributed by atoms with Gasteiger partial charge >= 0.3 is 0 Å². The summed E-state index contributed by atoms with van der Waals surface area (Å²) in [6.07, 6.45) is 3.45. The fourth-order valence-electron chi connectivity index (χ4n) is 3.93. The average molecular weight is 433 g/mol. The minimum Gasteiger partial charge on any atom is -0.347 e. The first-order chi connectivity index (χ1) is 15.4. The Labute approximate surface area is 187 Å². The highest BCUT2D eigenvalue weighted by Crippen LogP contribution is 2.26. The first-order valence-electron chi connectivity index (χ1n) is 11.0. The van der Waals surface area contributed by atoms with Gasteiger partial charge in [0.2, 0.25) is 11.8 Å². The third kappa shape index (κ3) is 4.66. The zero-order chi connectivity index (χ0) is 22.7. The van der Waals surface area contributed by atoms with Gasteiger partial charge in [-0.15, -0.1) is 0 Å². The monoisotopic (exact) mass is 432 g/mol. The fourth-order valence-corrected chi connectivity index (χ4v) is 3.93. The summed E-state index contributed by atoms with van der Waals surface area (Å²) in [5.74, 6) is -0.224. The summed E-state index contributed by atoms with van der Waals surface area (Å²) < 4.78 is 2.20. The van der Waals surface area contributed by atoms with Crippen LogP contribution in [-0.2, 0) is 16.1 Å². The molecule has 32 heavy (non-hydrogen) atoms. The van der Waals surface area contributed by atoms with E-state index in [1.165, 1.54) is 0 Å². The molecule has 0 radical (unpaired) electrons. The lowest BCUT2D eigenvalue weighted by atomic mass is 10.1. The minimum absolute atomic E-state index is 0.110. The minimum atomic E-state index is -0.770. The quantitative estimate of drug-likeness (QED) is 0.524. The maximum absolute atomic E-state index is 12.7. The molecule has 0 spiro atoms. The summed E-state index contributed by atoms with van der Waals surface area (Å²) in [4.78, 5) is 37.6. The van der Waals surface area contributed by atoms with Gasteiger partial charge in [0, 0.05) is 24.5 Å². The van der Waals surface area contributed by atoms with Gasteiger partial charge in [-0.3, -0.25) is 14.4 Å². The van der Waals surface area contributed by atoms with Crippen LogP contribution in [0.15, 0.2) is 54.7 Å². The second-order valence-electron chi connectivity index (χ2n) is 8.58. The van der Waals surface area contributed by atoms with E-state index >= 15 is 0 Å². The number of amides is 3. The van der Waals surface area contributed by atoms with Crippen molar-refractivity contribution in [3.63, 3.8) is 0 Å². The molecule has 1 aliphatic heterocycles. The number of para-hydroxylation sites is 1. The van der Waals surface area contributed by atoms with Crippen molar-refractivity contribution in [2.75, 3.05) is 10.6 Å². The standard InChI is InChI=1S/C25H28N4O3/c1-16(2)12-14-29-15-13-17-19(8-5-9-22(17)29)26-23(30)11-10-21-25(32)27-20-7-4-3-6-18(20)24(31)28-21/h3-9,13,15-16,21H,10-12,14H2,1-2H3,(H,26,30)(H,27,32)(H,28,31). The van der Waals surface area contributed by atoms with Gasteiger partial charge in [0.15, 0.2) is 0 Å². The lowest BCUT2D eigenvalue weighted by Crippen LogP contribution is -2.41. The zero-order valence-electron chi connectivity index (χ0n) is 18.4. The third-order valence-electron chi connectivity index (χ3n) is 5.75. The normalized spacial score (nSPS) is 15.8. The van der Waals surface area contributed by atoms with Gasteiger partial charge in [-0.05, 0) is 49.1 Å². The van der Waals surface area contributed by atoms with Gasteiger partial charge in [-0.2, -0.15) is 0 Å². The molecule has 0 saturated carbocycles. The molecule has 0 bridgehead atoms. The molecule has 3 aromatic rings. The van der Waals surface area contributed by atoms with E-state index in [0.717, 1.165) is 29.6 Å². The molecule has 2 heterocycles. The highest BCUT2D eigenvalue weighted by Gasteiger charge is 2.27. The second-order valence-corrected chi connectivity index (χ2v) is 8.58. The molecule has 3 amide bonds. The Morgan fingerprint density at radius 2 is 1.91 bits per heavy atom. The van der Waals surface area contributed by atoms with Crippen LogP contribution in [0.1, 0.15) is 43.5 Å². The van der Waals surface area contributed by atoms with Crippen LogP contribution in [-0.4, -0.2) is 28.3 Å². The van der Waals surface area contributed by atoms with Crippen molar-refractivity contribution in [3.8, 4) is 0 Å². The van der Waals surface area contributed by atoms with E-state index in [9.17, 15) is 14.4 Å². The van der Waals surface area contributed by atoms with Crippen molar-refractivity contribution in [2.45, 2.75) is 45.7 Å². The molecule has 3 N–H and O–H groups in total. The number of carbonyl (C=O) groups excluding carboxylic acids is 3. The number of hydrogen-bond acceptors (Lipinski definition) is 3. The number of nitrogens with zero attached hydrogens (tertiary/aromatic N) is 1. The fraction of sp³-hybridized carbons (Fsp3) is 0.320. The van der Waals surface area contributed by atoms with Crippen LogP contribution in [0, 0.1) is 5.92 Å². The number of hydrogen-bond donors (Lipinski definition) is 3. The Hall–Kier alpha value is -3.61. The number of anilines is 2. The Morgan fingerprint density at radius 1 is 1.09 bits per heavy atom. The van der Waals surface area contributed by atoms with Crippen LogP contribution in [0.4, 0.5) is 11.4 Å². The second kappa shape index (κ2) is 9.26. The smallest absolute Gasteiger partial charge is 0.254 e. The van der Waals surface area contributed by atoms with Crippen molar-refractivity contribution >= 4 is 40.0 Å². The molecule has 0 fully saturated rings. The highest BCUT2D eigenvalue weighted by atomic mass is 16.2. The number of aromatic nitrogens is 1. The van der Waals surface area contributed by atoms with Crippen LogP contribution < -0.4 is 16.0 Å². The van der Waals surface area contributed by atoms with Gasteiger partial charge in [0.1, 0.15) is 6.04 Å². The third-order valence-corrected chi connectivity index (χ3v) is 5.75. The van der Waals surface area contributed by atoms with Crippen LogP contribution in [0.25, 0.3) is 10.9 Å². The molecule has 1 unspecified atom stereocenters. The average Bonchev–Trinajstić information content (AvgIpc) is 3.14. The molecular formula is C25H28N4O3. The van der Waals surface area contributed by atoms with E-state index in [1.807, 2.05) is 30.5 Å². The summed E-state index contributed by atoms with van der Waals surface area (Å²) in [5.41, 5.74) is 2.73. The highest BCUT2D eigenvalue weighted by molar-refractivity contribution is 6.10. The van der Waals surface area contributed by atoms with Gasteiger partial charge in [-0.25, -0.2) is 0 Å². The Kier molecular flexibility index (Phi) is 6.25. The molecule has 166 valence electrons. The van der Waals surface area contributed by atoms with Crippen molar-refractivity contribution in [2.24, 2.45) is 5.92 Å². The molecule has 1 aliphatic rings. The van der Waals surface area contributed by atoms with E-state index in [0.29, 0.717) is 17.2 Å². The Balaban J connectivity index is 1.40. The van der Waals surface area contributed by atoms with Gasteiger partial charge in [0.25, 0.3) is 5.91 Å². The lowest BCUT2D eigenvalue weighted by molar-refractivity contribution is -0.118. The molecule has 1 aromatic heterocycles. The maximum atomic E-state index is 12.7. The maximum Gasteiger partial charge on any atom is 0.254 e. The van der Waals surface area contributed by atoms with E-state index in [4.69, 9.17) is 0 Å². The van der Waals surface area contributed by atoms with Crippen LogP contribution in [0.5, 0.6) is 0 Å². The molecule has 0 saturated heterocycles. The summed E-state index contributed by atoms with van der Waals surface area (Å²) >= 11 is 0. The molecule has 4 rings (SSSR count). The molecule has 0 aliphatic carbocycles. The van der Waals surface area contributed by atoms with Crippen molar-refractivity contribution < 1.29 is 14.4 Å². The molecule has 1 atom stereocenters. The van der Waals surface area contributed by atoms with Crippen LogP contribution in [0.2, 0.25) is 0 Å². The molecule has 2 aromatic carbocycles. The zero-order valence-corrected chi connectivity index (χ0v) is 18.4. The lowest BCUT2D eigenvalue weighted by Gasteiger charge is -2.14. The number of aryl methyl sites for hydroxylation is 1. The topological polar surface area (TPSA) is 92.2 Å². The first-order valence-corrected chi connectivity index (χ1v) is 11.0. The van der Waals surface area contributed by atoms with Crippen molar-refractivity contribution in [3.05, 3.63) is 60.3 Å². The molecule has 7 nitrogen and oxygen atoms in total. The van der Waals surface area contributed by atoms with Gasteiger partial charge in [-0.1, -0.05) is 32.0 Å². The van der Waals surface area contributed by atoms with E-state index in [-0.39, 0.29) is 30.6 Å². The number of fused-ring (bicyclic) bond motifs is 2. The van der Waals surface area contributed by atoms with Crippen LogP contribution in [0.3, 0.4) is 0 Å². The van der Waals surface area contributed by atoms with Gasteiger partial charge in [0.05, 0.1) is 22.5 Å². The van der Waals surface area contributed by atoms with E-state index < -0.39 is 6.04 Å². The van der Waals surface area contributed by atoms with E-state index in [1.54, 1.807) is 24.3 Å². The number of benzene rings is 2. The number of carbonyl (C=O) groups is 3. The Bertz CT molecular complexity index is 1160. The molecular weight excluding hydrogens is 404 g/mol. The summed E-state index contributed by atoms with van der Waals surface area (Å²) in [7, 11) is 0. The Morgan fingerprint density at radius 3 is 2.72 bits per heavy atom. The number of rotatable bonds is 7. The predicted molar refractivity (Wildman–Crippen MR) is 126 cm³/mol. The van der Waals surface area contributed by atoms with Crippen LogP contribution >= 0.6 is 0 Å². The first kappa shape index (κ1) is 21.6. The predicted octanol–water partition coefficient (Wildman–Crippen LogP) is 4.16. The summed E-state index contributed by atoms with van der Waals surface area (Å²) in [6, 6.07) is 14.0. The summed E-state index contributed by atoms with van der Waals surface area (Å²) in [5, 5.41) is 9.44. The van der Waals surface area contributed by atoms with E-state index in [2.05, 4.69) is 34.4 Å². The van der Waals surface area contributed by atoms with Crippen molar-refractivity contribution in [1.82, 2.24) is 9.88 Å². The largest absolute Gasteiger partial charge is 0.347 e. The SMILES string of the molecule is CC(C)CCn1ccc2c(NC(=O)CCC3NC(=O)c4ccccc4NC3=O)cccc21. The number of nitrogens with one attached hydrogen (secondary N) is 3. The summed E-state index contributed by atoms with van der Waals surface area (Å²) in [6.45, 7) is 5.33. The molecule has 7 heteroatoms. The van der Waals surface area contributed by atoms with Crippen molar-refractivity contribution in [1.29, 1.82) is 0 Å². The van der Waals surface area contributed by atoms with Gasteiger partial charge < -0.3 is 20.5 Å².